The topological polar surface area (TPSA) is 60.3 Å². The zero-order valence-electron chi connectivity index (χ0n) is 19.8. The number of hydrogen-bond acceptors (Lipinski definition) is 3. The fourth-order valence-electron chi connectivity index (χ4n) is 4.07. The normalized spacial score (nSPS) is 12.2. The number of benzene rings is 3. The van der Waals surface area contributed by atoms with Crippen molar-refractivity contribution in [1.82, 2.24) is 4.57 Å². The summed E-state index contributed by atoms with van der Waals surface area (Å²) in [7, 11) is 0. The van der Waals surface area contributed by atoms with Crippen molar-refractivity contribution in [3.63, 3.8) is 0 Å². The summed E-state index contributed by atoms with van der Waals surface area (Å²) < 4.78 is 48.2. The Morgan fingerprint density at radius 1 is 0.919 bits per heavy atom. The average molecular weight is 527 g/mol. The molecule has 0 aliphatic carbocycles. The van der Waals surface area contributed by atoms with Gasteiger partial charge in [-0.3, -0.25) is 4.79 Å². The summed E-state index contributed by atoms with van der Waals surface area (Å²) in [5.74, 6) is -1.73. The standard InChI is InChI=1S/C28H22ClF3N2O3/c1-17-15-22(18(2)34(17)21-11-7-4-8-12-21)27(36)37-25(19-9-5-3-6-10-19)26(35)33-24-14-13-20(29)16-23(24)28(30,31)32/h3-16,25H,1-2H3,(H,33,35)/t25-/m1/s1. The van der Waals surface area contributed by atoms with Crippen molar-refractivity contribution in [2.24, 2.45) is 0 Å². The minimum atomic E-state index is -4.76. The number of nitrogens with one attached hydrogen (secondary N) is 1. The molecule has 0 aliphatic rings. The van der Waals surface area contributed by atoms with Gasteiger partial charge in [0.2, 0.25) is 6.10 Å². The van der Waals surface area contributed by atoms with E-state index in [9.17, 15) is 22.8 Å². The average Bonchev–Trinajstić information content (AvgIpc) is 3.17. The first-order valence-electron chi connectivity index (χ1n) is 11.2. The lowest BCUT2D eigenvalue weighted by molar-refractivity contribution is -0.137. The first-order chi connectivity index (χ1) is 17.6. The van der Waals surface area contributed by atoms with Gasteiger partial charge < -0.3 is 14.6 Å². The maximum absolute atomic E-state index is 13.6. The van der Waals surface area contributed by atoms with E-state index >= 15 is 0 Å². The number of amides is 1. The Morgan fingerprint density at radius 3 is 2.16 bits per heavy atom. The molecule has 0 fully saturated rings. The summed E-state index contributed by atoms with van der Waals surface area (Å²) in [6.07, 6.45) is -6.27. The van der Waals surface area contributed by atoms with Crippen LogP contribution in [0.25, 0.3) is 5.69 Å². The molecule has 4 rings (SSSR count). The van der Waals surface area contributed by atoms with Crippen LogP contribution >= 0.6 is 11.6 Å². The number of esters is 1. The van der Waals surface area contributed by atoms with Gasteiger partial charge in [-0.15, -0.1) is 0 Å². The first kappa shape index (κ1) is 26.0. The molecule has 1 atom stereocenters. The highest BCUT2D eigenvalue weighted by molar-refractivity contribution is 6.30. The maximum Gasteiger partial charge on any atom is 0.418 e. The van der Waals surface area contributed by atoms with Crippen LogP contribution in [-0.4, -0.2) is 16.4 Å². The van der Waals surface area contributed by atoms with E-state index in [-0.39, 0.29) is 10.6 Å². The van der Waals surface area contributed by atoms with Gasteiger partial charge >= 0.3 is 12.1 Å². The van der Waals surface area contributed by atoms with E-state index in [0.717, 1.165) is 23.5 Å². The van der Waals surface area contributed by atoms with Crippen LogP contribution in [0, 0.1) is 13.8 Å². The highest BCUT2D eigenvalue weighted by Crippen LogP contribution is 2.37. The molecular weight excluding hydrogens is 505 g/mol. The molecule has 3 aromatic carbocycles. The lowest BCUT2D eigenvalue weighted by Crippen LogP contribution is -2.27. The van der Waals surface area contributed by atoms with Crippen LogP contribution in [0.15, 0.2) is 84.9 Å². The molecule has 1 amide bonds. The Labute approximate surface area is 216 Å². The quantitative estimate of drug-likeness (QED) is 0.268. The van der Waals surface area contributed by atoms with Crippen molar-refractivity contribution in [3.8, 4) is 5.69 Å². The van der Waals surface area contributed by atoms with Gasteiger partial charge in [0.1, 0.15) is 0 Å². The molecule has 1 N–H and O–H groups in total. The maximum atomic E-state index is 13.6. The second-order valence-electron chi connectivity index (χ2n) is 8.33. The molecule has 9 heteroatoms. The Bertz CT molecular complexity index is 1430. The molecule has 0 aliphatic heterocycles. The number of hydrogen-bond donors (Lipinski definition) is 1. The number of carbonyl (C=O) groups is 2. The smallest absolute Gasteiger partial charge is 0.418 e. The minimum absolute atomic E-state index is 0.134. The van der Waals surface area contributed by atoms with E-state index < -0.39 is 35.4 Å². The van der Waals surface area contributed by atoms with Gasteiger partial charge in [-0.2, -0.15) is 13.2 Å². The molecule has 0 unspecified atom stereocenters. The summed E-state index contributed by atoms with van der Waals surface area (Å²) in [6.45, 7) is 3.58. The molecule has 37 heavy (non-hydrogen) atoms. The summed E-state index contributed by atoms with van der Waals surface area (Å²) in [6, 6.07) is 22.1. The van der Waals surface area contributed by atoms with E-state index in [1.807, 2.05) is 41.8 Å². The number of aryl methyl sites for hydroxylation is 1. The number of aromatic nitrogens is 1. The fourth-order valence-corrected chi connectivity index (χ4v) is 4.25. The monoisotopic (exact) mass is 526 g/mol. The predicted molar refractivity (Wildman–Crippen MR) is 135 cm³/mol. The van der Waals surface area contributed by atoms with E-state index in [1.54, 1.807) is 43.3 Å². The number of para-hydroxylation sites is 1. The number of ether oxygens (including phenoxy) is 1. The van der Waals surface area contributed by atoms with Crippen molar-refractivity contribution < 1.29 is 27.5 Å². The number of halogens is 4. The predicted octanol–water partition coefficient (Wildman–Crippen LogP) is 7.30. The van der Waals surface area contributed by atoms with Crippen LogP contribution < -0.4 is 5.32 Å². The molecule has 0 radical (unpaired) electrons. The van der Waals surface area contributed by atoms with Crippen LogP contribution in [0.2, 0.25) is 5.02 Å². The lowest BCUT2D eigenvalue weighted by Gasteiger charge is -2.20. The molecule has 0 bridgehead atoms. The Kier molecular flexibility index (Phi) is 7.40. The molecule has 0 saturated carbocycles. The van der Waals surface area contributed by atoms with Crippen molar-refractivity contribution in [2.45, 2.75) is 26.1 Å². The van der Waals surface area contributed by atoms with E-state index in [1.165, 1.54) is 6.07 Å². The second-order valence-corrected chi connectivity index (χ2v) is 8.77. The SMILES string of the molecule is Cc1cc(C(=O)O[C@@H](C(=O)Nc2ccc(Cl)cc2C(F)(F)F)c2ccccc2)c(C)n1-c1ccccc1. The third-order valence-corrected chi connectivity index (χ3v) is 6.01. The van der Waals surface area contributed by atoms with E-state index in [0.29, 0.717) is 11.3 Å². The highest BCUT2D eigenvalue weighted by Gasteiger charge is 2.35. The third-order valence-electron chi connectivity index (χ3n) is 5.78. The summed E-state index contributed by atoms with van der Waals surface area (Å²) in [5, 5.41) is 2.12. The van der Waals surface area contributed by atoms with Crippen molar-refractivity contribution >= 4 is 29.2 Å². The van der Waals surface area contributed by atoms with Crippen LogP contribution in [0.4, 0.5) is 18.9 Å². The summed E-state index contributed by atoms with van der Waals surface area (Å²) >= 11 is 5.74. The molecule has 4 aromatic rings. The molecule has 1 aromatic heterocycles. The van der Waals surface area contributed by atoms with Gasteiger partial charge in [0.25, 0.3) is 5.91 Å². The van der Waals surface area contributed by atoms with Gasteiger partial charge in [-0.05, 0) is 50.2 Å². The minimum Gasteiger partial charge on any atom is -0.444 e. The number of alkyl halides is 3. The summed E-state index contributed by atoms with van der Waals surface area (Å²) in [5.41, 5.74) is 1.13. The zero-order valence-corrected chi connectivity index (χ0v) is 20.6. The summed E-state index contributed by atoms with van der Waals surface area (Å²) in [4.78, 5) is 26.5. The van der Waals surface area contributed by atoms with Crippen molar-refractivity contribution in [1.29, 1.82) is 0 Å². The second kappa shape index (κ2) is 10.5. The molecule has 5 nitrogen and oxygen atoms in total. The lowest BCUT2D eigenvalue weighted by atomic mass is 10.1. The highest BCUT2D eigenvalue weighted by atomic mass is 35.5. The fraction of sp³-hybridized carbons (Fsp3) is 0.143. The van der Waals surface area contributed by atoms with Gasteiger partial charge in [-0.1, -0.05) is 60.1 Å². The Hall–Kier alpha value is -4.04. The first-order valence-corrected chi connectivity index (χ1v) is 11.6. The van der Waals surface area contributed by atoms with Gasteiger partial charge in [0.05, 0.1) is 16.8 Å². The third kappa shape index (κ3) is 5.70. The van der Waals surface area contributed by atoms with Crippen molar-refractivity contribution in [2.75, 3.05) is 5.32 Å². The largest absolute Gasteiger partial charge is 0.444 e. The molecule has 0 saturated heterocycles. The van der Waals surface area contributed by atoms with Gasteiger partial charge in [0.15, 0.2) is 0 Å². The van der Waals surface area contributed by atoms with E-state index in [2.05, 4.69) is 5.32 Å². The van der Waals surface area contributed by atoms with Crippen LogP contribution in [0.1, 0.15) is 39.0 Å². The molecule has 1 heterocycles. The number of anilines is 1. The van der Waals surface area contributed by atoms with Gasteiger partial charge in [0, 0.05) is 27.7 Å². The van der Waals surface area contributed by atoms with Crippen LogP contribution in [-0.2, 0) is 15.7 Å². The van der Waals surface area contributed by atoms with Crippen LogP contribution in [0.5, 0.6) is 0 Å². The number of carbonyl (C=O) groups excluding carboxylic acids is 2. The van der Waals surface area contributed by atoms with Crippen molar-refractivity contribution in [3.05, 3.63) is 118 Å². The van der Waals surface area contributed by atoms with E-state index in [4.69, 9.17) is 16.3 Å². The number of rotatable bonds is 6. The van der Waals surface area contributed by atoms with Gasteiger partial charge in [-0.25, -0.2) is 4.79 Å². The molecule has 0 spiro atoms. The van der Waals surface area contributed by atoms with Crippen LogP contribution in [0.3, 0.4) is 0 Å². The molecular formula is C28H22ClF3N2O3. The Balaban J connectivity index is 1.66. The zero-order chi connectivity index (χ0) is 26.7. The Morgan fingerprint density at radius 2 is 1.54 bits per heavy atom. The molecule has 190 valence electrons. The number of nitrogens with zero attached hydrogens (tertiary/aromatic N) is 1.